The Hall–Kier alpha value is -6.70. The summed E-state index contributed by atoms with van der Waals surface area (Å²) >= 11 is 0. The molecule has 1 nitrogen and oxygen atoms in total. The molecule has 0 saturated carbocycles. The molecule has 0 atom stereocenters. The summed E-state index contributed by atoms with van der Waals surface area (Å²) < 4.78 is 0. The van der Waals surface area contributed by atoms with Crippen molar-refractivity contribution < 1.29 is 0 Å². The molecule has 10 rings (SSSR count). The van der Waals surface area contributed by atoms with E-state index in [0.717, 1.165) is 17.1 Å². The lowest BCUT2D eigenvalue weighted by Crippen LogP contribution is -2.12. The summed E-state index contributed by atoms with van der Waals surface area (Å²) in [7, 11) is 0. The summed E-state index contributed by atoms with van der Waals surface area (Å²) in [5, 5.41) is 12.6. The summed E-state index contributed by atoms with van der Waals surface area (Å²) in [4.78, 5) is 2.45. The number of rotatable bonds is 5. The number of para-hydroxylation sites is 1. The Morgan fingerprint density at radius 2 is 0.804 bits per heavy atom. The van der Waals surface area contributed by atoms with E-state index < -0.39 is 0 Å². The zero-order valence-electron chi connectivity index (χ0n) is 28.0. The van der Waals surface area contributed by atoms with Crippen LogP contribution in [0.4, 0.5) is 17.1 Å². The third-order valence-corrected chi connectivity index (χ3v) is 10.4. The minimum atomic E-state index is 1.12. The van der Waals surface area contributed by atoms with Gasteiger partial charge in [-0.3, -0.25) is 0 Å². The SMILES string of the molecule is c1ccc(-c2cc(-c3cccc4c3ccc3c5ccccc5ccc43)ccc2N(c2ccccc2)c2cc3ccccc3c3ccccc23)cc1. The van der Waals surface area contributed by atoms with Gasteiger partial charge in [0.1, 0.15) is 0 Å². The van der Waals surface area contributed by atoms with E-state index >= 15 is 0 Å². The first-order valence-corrected chi connectivity index (χ1v) is 17.6. The largest absolute Gasteiger partial charge is 0.309 e. The molecule has 0 aliphatic carbocycles. The molecule has 0 aliphatic rings. The van der Waals surface area contributed by atoms with Gasteiger partial charge in [-0.2, -0.15) is 0 Å². The van der Waals surface area contributed by atoms with E-state index in [1.54, 1.807) is 0 Å². The molecule has 0 saturated heterocycles. The summed E-state index contributed by atoms with van der Waals surface area (Å²) in [6.07, 6.45) is 0. The molecule has 0 unspecified atom stereocenters. The van der Waals surface area contributed by atoms with Crippen LogP contribution in [0, 0.1) is 0 Å². The first-order valence-electron chi connectivity index (χ1n) is 17.6. The molecule has 238 valence electrons. The van der Waals surface area contributed by atoms with Crippen LogP contribution in [0.3, 0.4) is 0 Å². The van der Waals surface area contributed by atoms with Crippen molar-refractivity contribution >= 4 is 70.9 Å². The minimum absolute atomic E-state index is 1.12. The van der Waals surface area contributed by atoms with Crippen molar-refractivity contribution in [1.29, 1.82) is 0 Å². The molecule has 0 amide bonds. The molecule has 10 aromatic carbocycles. The molecule has 0 radical (unpaired) electrons. The van der Waals surface area contributed by atoms with Gasteiger partial charge in [-0.05, 0) is 95.5 Å². The highest BCUT2D eigenvalue weighted by atomic mass is 15.1. The standard InChI is InChI=1S/C50H33N/c1-3-14-34(15-4-1)48-32-37(41-24-13-25-43-45(41)30-29-44-39-20-9-7-16-35(39)26-28-46(43)44)27-31-49(48)51(38-18-5-2-6-19-38)50-33-36-17-8-10-21-40(36)42-22-11-12-23-47(42)50/h1-33H. The van der Waals surface area contributed by atoms with Gasteiger partial charge in [0.2, 0.25) is 0 Å². The van der Waals surface area contributed by atoms with Crippen LogP contribution in [0.2, 0.25) is 0 Å². The molecular weight excluding hydrogens is 615 g/mol. The second kappa shape index (κ2) is 12.0. The molecule has 51 heavy (non-hydrogen) atoms. The fourth-order valence-corrected chi connectivity index (χ4v) is 8.06. The average Bonchev–Trinajstić information content (AvgIpc) is 3.21. The quantitative estimate of drug-likeness (QED) is 0.168. The fraction of sp³-hybridized carbons (Fsp3) is 0. The molecule has 0 aliphatic heterocycles. The molecular formula is C50H33N. The van der Waals surface area contributed by atoms with E-state index in [1.165, 1.54) is 76.1 Å². The highest BCUT2D eigenvalue weighted by Gasteiger charge is 2.21. The van der Waals surface area contributed by atoms with Gasteiger partial charge in [-0.1, -0.05) is 170 Å². The van der Waals surface area contributed by atoms with Crippen LogP contribution in [0.1, 0.15) is 0 Å². The van der Waals surface area contributed by atoms with Crippen molar-refractivity contribution in [2.75, 3.05) is 4.90 Å². The van der Waals surface area contributed by atoms with E-state index in [4.69, 9.17) is 0 Å². The lowest BCUT2D eigenvalue weighted by atomic mass is 9.90. The first kappa shape index (κ1) is 29.2. The molecule has 0 N–H and O–H groups in total. The Morgan fingerprint density at radius 1 is 0.255 bits per heavy atom. The fourth-order valence-electron chi connectivity index (χ4n) is 8.06. The molecule has 0 bridgehead atoms. The van der Waals surface area contributed by atoms with Gasteiger partial charge < -0.3 is 4.90 Å². The first-order chi connectivity index (χ1) is 25.3. The average molecular weight is 648 g/mol. The van der Waals surface area contributed by atoms with E-state index in [2.05, 4.69) is 205 Å². The third kappa shape index (κ3) is 4.86. The number of anilines is 3. The molecule has 10 aromatic rings. The zero-order chi connectivity index (χ0) is 33.7. The van der Waals surface area contributed by atoms with Crippen LogP contribution in [0.5, 0.6) is 0 Å². The normalized spacial score (nSPS) is 11.5. The second-order valence-corrected chi connectivity index (χ2v) is 13.3. The van der Waals surface area contributed by atoms with Gasteiger partial charge in [-0.25, -0.2) is 0 Å². The maximum atomic E-state index is 2.45. The highest BCUT2D eigenvalue weighted by molar-refractivity contribution is 6.20. The predicted octanol–water partition coefficient (Wildman–Crippen LogP) is 14.3. The lowest BCUT2D eigenvalue weighted by molar-refractivity contribution is 1.30. The summed E-state index contributed by atoms with van der Waals surface area (Å²) in [6, 6.07) is 73.1. The molecule has 0 spiro atoms. The highest BCUT2D eigenvalue weighted by Crippen LogP contribution is 2.47. The van der Waals surface area contributed by atoms with Gasteiger partial charge in [0.25, 0.3) is 0 Å². The Kier molecular flexibility index (Phi) is 6.89. The van der Waals surface area contributed by atoms with E-state index in [1.807, 2.05) is 0 Å². The smallest absolute Gasteiger partial charge is 0.0546 e. The third-order valence-electron chi connectivity index (χ3n) is 10.4. The van der Waals surface area contributed by atoms with E-state index in [9.17, 15) is 0 Å². The number of benzene rings is 10. The Balaban J connectivity index is 1.23. The zero-order valence-corrected chi connectivity index (χ0v) is 28.0. The van der Waals surface area contributed by atoms with E-state index in [0.29, 0.717) is 0 Å². The van der Waals surface area contributed by atoms with Gasteiger partial charge in [0.15, 0.2) is 0 Å². The van der Waals surface area contributed by atoms with Crippen molar-refractivity contribution in [3.8, 4) is 22.3 Å². The van der Waals surface area contributed by atoms with Crippen molar-refractivity contribution in [3.05, 3.63) is 200 Å². The molecule has 0 heterocycles. The van der Waals surface area contributed by atoms with Gasteiger partial charge in [0.05, 0.1) is 11.4 Å². The van der Waals surface area contributed by atoms with Crippen molar-refractivity contribution in [3.63, 3.8) is 0 Å². The predicted molar refractivity (Wildman–Crippen MR) is 220 cm³/mol. The maximum absolute atomic E-state index is 2.45. The van der Waals surface area contributed by atoms with Gasteiger partial charge in [0, 0.05) is 16.6 Å². The minimum Gasteiger partial charge on any atom is -0.309 e. The Bertz CT molecular complexity index is 2910. The van der Waals surface area contributed by atoms with Crippen molar-refractivity contribution in [2.45, 2.75) is 0 Å². The van der Waals surface area contributed by atoms with Crippen molar-refractivity contribution in [1.82, 2.24) is 0 Å². The summed E-state index contributed by atoms with van der Waals surface area (Å²) in [6.45, 7) is 0. The van der Waals surface area contributed by atoms with Gasteiger partial charge >= 0.3 is 0 Å². The lowest BCUT2D eigenvalue weighted by Gasteiger charge is -2.30. The van der Waals surface area contributed by atoms with Crippen LogP contribution < -0.4 is 4.90 Å². The van der Waals surface area contributed by atoms with Crippen LogP contribution in [-0.2, 0) is 0 Å². The van der Waals surface area contributed by atoms with Crippen LogP contribution >= 0.6 is 0 Å². The summed E-state index contributed by atoms with van der Waals surface area (Å²) in [5.41, 5.74) is 8.19. The van der Waals surface area contributed by atoms with E-state index in [-0.39, 0.29) is 0 Å². The topological polar surface area (TPSA) is 3.24 Å². The molecule has 0 aromatic heterocycles. The van der Waals surface area contributed by atoms with Crippen LogP contribution in [0.15, 0.2) is 200 Å². The van der Waals surface area contributed by atoms with Crippen LogP contribution in [0.25, 0.3) is 76.1 Å². The monoisotopic (exact) mass is 647 g/mol. The second-order valence-electron chi connectivity index (χ2n) is 13.3. The summed E-state index contributed by atoms with van der Waals surface area (Å²) in [5.74, 6) is 0. The van der Waals surface area contributed by atoms with Gasteiger partial charge in [-0.15, -0.1) is 0 Å². The number of hydrogen-bond acceptors (Lipinski definition) is 1. The Labute approximate surface area is 297 Å². The number of fused-ring (bicyclic) bond motifs is 8. The Morgan fingerprint density at radius 3 is 1.61 bits per heavy atom. The molecule has 0 fully saturated rings. The number of hydrogen-bond donors (Lipinski definition) is 0. The van der Waals surface area contributed by atoms with Crippen LogP contribution in [-0.4, -0.2) is 0 Å². The van der Waals surface area contributed by atoms with Crippen molar-refractivity contribution in [2.24, 2.45) is 0 Å². The molecule has 1 heteroatoms. The number of nitrogens with zero attached hydrogens (tertiary/aromatic N) is 1. The maximum Gasteiger partial charge on any atom is 0.0546 e.